The number of thiazole rings is 1. The van der Waals surface area contributed by atoms with E-state index in [9.17, 15) is 24.4 Å². The number of hydrogen-bond acceptors (Lipinski definition) is 17. The predicted molar refractivity (Wildman–Crippen MR) is 151 cm³/mol. The number of fused-ring (bicyclic) bond motifs is 1. The third kappa shape index (κ3) is 7.08. The number of aromatic nitrogens is 3. The zero-order chi connectivity index (χ0) is 29.8. The molecule has 0 aromatic carbocycles. The third-order valence-electron chi connectivity index (χ3n) is 5.35. The van der Waals surface area contributed by atoms with Gasteiger partial charge >= 0.3 is 12.1 Å². The lowest BCUT2D eigenvalue weighted by molar-refractivity contribution is -0.169. The number of nitrogens with one attached hydrogen (secondary N) is 1. The monoisotopic (exact) mass is 643 g/mol. The van der Waals surface area contributed by atoms with Crippen molar-refractivity contribution in [1.29, 1.82) is 0 Å². The number of rotatable bonds is 10. The van der Waals surface area contributed by atoms with Crippen molar-refractivity contribution < 1.29 is 38.6 Å². The second-order valence-corrected chi connectivity index (χ2v) is 13.1. The lowest BCUT2D eigenvalue weighted by Crippen LogP contribution is -2.71. The normalized spacial score (nSPS) is 19.4. The minimum absolute atomic E-state index is 0.0195. The molecule has 2 aliphatic heterocycles. The number of amides is 2. The quantitative estimate of drug-likeness (QED) is 0.0643. The summed E-state index contributed by atoms with van der Waals surface area (Å²) in [7, 11) is 0. The number of carbonyl (C=O) groups is 4. The van der Waals surface area contributed by atoms with Crippen LogP contribution >= 0.6 is 46.2 Å². The molecule has 220 valence electrons. The van der Waals surface area contributed by atoms with Gasteiger partial charge in [0.05, 0.1) is 6.10 Å². The van der Waals surface area contributed by atoms with Crippen LogP contribution < -0.4 is 11.1 Å². The molecule has 0 spiro atoms. The molecular weight excluding hydrogens is 619 g/mol. The van der Waals surface area contributed by atoms with Crippen molar-refractivity contribution in [3.63, 3.8) is 0 Å². The molecule has 0 bridgehead atoms. The predicted octanol–water partition coefficient (Wildman–Crippen LogP) is 1.96. The molecule has 0 saturated carbocycles. The number of aryl methyl sites for hydroxylation is 1. The Morgan fingerprint density at radius 2 is 2.02 bits per heavy atom. The highest BCUT2D eigenvalue weighted by Crippen LogP contribution is 2.42. The zero-order valence-corrected chi connectivity index (χ0v) is 25.3. The van der Waals surface area contributed by atoms with Crippen LogP contribution in [0.1, 0.15) is 31.5 Å². The maximum Gasteiger partial charge on any atom is 0.511 e. The number of thioether (sulfide) groups is 2. The van der Waals surface area contributed by atoms with Crippen molar-refractivity contribution >= 4 is 81.0 Å². The summed E-state index contributed by atoms with van der Waals surface area (Å²) in [4.78, 5) is 56.5. The molecule has 1 saturated heterocycles. The summed E-state index contributed by atoms with van der Waals surface area (Å²) in [6, 6.07) is -1.03. The Labute approximate surface area is 249 Å². The molecule has 15 nitrogen and oxygen atoms in total. The van der Waals surface area contributed by atoms with E-state index < -0.39 is 53.5 Å². The van der Waals surface area contributed by atoms with Gasteiger partial charge in [0.15, 0.2) is 15.2 Å². The standard InChI is InChI=1S/C22H25N7O8S4/c1-8(2)35-22(33)37-10(4)36-19(32)15-11(6-40-21-27-26-9(3)41-21)5-38-18-14(17(31)29(15)18)25-16(30)13(28-34)12-7-39-20(23)24-12/h7-8,10,14,18,34H,5-6H2,1-4H3,(H2,23,24)(H,25,30)/b28-13-/t10?,14-,18-/m1/s1. The lowest BCUT2D eigenvalue weighted by atomic mass is 10.0. The molecule has 19 heteroatoms. The summed E-state index contributed by atoms with van der Waals surface area (Å²) in [6.07, 6.45) is -2.76. The second-order valence-electron chi connectivity index (χ2n) is 8.72. The van der Waals surface area contributed by atoms with Gasteiger partial charge in [0.1, 0.15) is 27.8 Å². The first-order valence-corrected chi connectivity index (χ1v) is 15.6. The summed E-state index contributed by atoms with van der Waals surface area (Å²) >= 11 is 5.11. The van der Waals surface area contributed by atoms with Crippen LogP contribution in [0, 0.1) is 6.92 Å². The van der Waals surface area contributed by atoms with Crippen molar-refractivity contribution in [2.24, 2.45) is 5.16 Å². The smallest absolute Gasteiger partial charge is 0.431 e. The summed E-state index contributed by atoms with van der Waals surface area (Å²) < 4.78 is 15.9. The lowest BCUT2D eigenvalue weighted by Gasteiger charge is -2.49. The molecule has 2 amide bonds. The number of β-lactam (4-membered cyclic amide) rings is 1. The van der Waals surface area contributed by atoms with E-state index in [1.807, 2.05) is 6.92 Å². The van der Waals surface area contributed by atoms with E-state index in [4.69, 9.17) is 19.9 Å². The van der Waals surface area contributed by atoms with Crippen LogP contribution in [0.25, 0.3) is 0 Å². The maximum atomic E-state index is 13.3. The van der Waals surface area contributed by atoms with E-state index in [2.05, 4.69) is 25.7 Å². The Morgan fingerprint density at radius 1 is 1.27 bits per heavy atom. The molecule has 4 rings (SSSR count). The topological polar surface area (TPSA) is 209 Å². The van der Waals surface area contributed by atoms with Crippen molar-refractivity contribution in [2.45, 2.75) is 55.8 Å². The van der Waals surface area contributed by atoms with E-state index in [0.717, 1.165) is 16.3 Å². The van der Waals surface area contributed by atoms with E-state index >= 15 is 0 Å². The van der Waals surface area contributed by atoms with E-state index in [-0.39, 0.29) is 16.5 Å². The van der Waals surface area contributed by atoms with Crippen molar-refractivity contribution in [3.8, 4) is 0 Å². The average molecular weight is 644 g/mol. The summed E-state index contributed by atoms with van der Waals surface area (Å²) in [5, 5.41) is 24.7. The van der Waals surface area contributed by atoms with Crippen LogP contribution in [0.5, 0.6) is 0 Å². The number of nitrogens with two attached hydrogens (primary N) is 1. The fourth-order valence-electron chi connectivity index (χ4n) is 3.67. The Morgan fingerprint density at radius 3 is 2.63 bits per heavy atom. The van der Waals surface area contributed by atoms with Crippen LogP contribution in [-0.2, 0) is 28.6 Å². The van der Waals surface area contributed by atoms with Gasteiger partial charge in [0.2, 0.25) is 6.29 Å². The molecule has 2 aromatic heterocycles. The molecule has 4 N–H and O–H groups in total. The largest absolute Gasteiger partial charge is 0.511 e. The molecule has 0 radical (unpaired) electrons. The van der Waals surface area contributed by atoms with Crippen LogP contribution in [0.15, 0.2) is 26.1 Å². The van der Waals surface area contributed by atoms with E-state index in [1.165, 1.54) is 52.1 Å². The highest BCUT2D eigenvalue weighted by Gasteiger charge is 2.55. The summed E-state index contributed by atoms with van der Waals surface area (Å²) in [6.45, 7) is 6.44. The first kappa shape index (κ1) is 30.5. The van der Waals surface area contributed by atoms with Crippen LogP contribution in [0.4, 0.5) is 9.93 Å². The first-order chi connectivity index (χ1) is 19.5. The van der Waals surface area contributed by atoms with Gasteiger partial charge < -0.3 is 30.5 Å². The molecule has 3 atom stereocenters. The average Bonchev–Trinajstić information content (AvgIpc) is 3.52. The molecule has 4 heterocycles. The van der Waals surface area contributed by atoms with Crippen LogP contribution in [0.3, 0.4) is 0 Å². The minimum atomic E-state index is -1.31. The van der Waals surface area contributed by atoms with Gasteiger partial charge in [-0.1, -0.05) is 28.3 Å². The van der Waals surface area contributed by atoms with Gasteiger partial charge in [-0.05, 0) is 26.3 Å². The molecule has 1 unspecified atom stereocenters. The van der Waals surface area contributed by atoms with Gasteiger partial charge in [-0.2, -0.15) is 0 Å². The summed E-state index contributed by atoms with van der Waals surface area (Å²) in [5.74, 6) is -1.69. The number of nitrogen functional groups attached to an aromatic ring is 1. The Kier molecular flexibility index (Phi) is 9.72. The Balaban J connectivity index is 1.51. The summed E-state index contributed by atoms with van der Waals surface area (Å²) in [5.41, 5.74) is 5.80. The number of carbonyl (C=O) groups excluding carboxylic acids is 4. The minimum Gasteiger partial charge on any atom is -0.431 e. The van der Waals surface area contributed by atoms with Crippen molar-refractivity contribution in [3.05, 3.63) is 27.4 Å². The fraction of sp³-hybridized carbons (Fsp3) is 0.455. The number of oxime groups is 1. The Bertz CT molecular complexity index is 1410. The van der Waals surface area contributed by atoms with Gasteiger partial charge in [0, 0.05) is 23.8 Å². The molecule has 0 aliphatic carbocycles. The SMILES string of the molecule is Cc1nnc(SCC2=C(C(=O)OC(C)OC(=O)OC(C)C)N3C(=O)[C@@H](NC(=O)/C(=N\O)c4csc(N)n4)[C@H]3SC2)s1. The van der Waals surface area contributed by atoms with Crippen molar-refractivity contribution in [1.82, 2.24) is 25.4 Å². The van der Waals surface area contributed by atoms with Crippen molar-refractivity contribution in [2.75, 3.05) is 17.2 Å². The number of esters is 1. The Hall–Kier alpha value is -3.42. The number of ether oxygens (including phenoxy) is 3. The highest BCUT2D eigenvalue weighted by atomic mass is 32.2. The molecule has 2 aromatic rings. The van der Waals surface area contributed by atoms with Gasteiger partial charge in [-0.3, -0.25) is 14.5 Å². The van der Waals surface area contributed by atoms with E-state index in [0.29, 0.717) is 21.4 Å². The fourth-order valence-corrected chi connectivity index (χ4v) is 7.52. The molecular formula is C22H25N7O8S4. The van der Waals surface area contributed by atoms with Gasteiger partial charge in [-0.25, -0.2) is 14.6 Å². The van der Waals surface area contributed by atoms with E-state index in [1.54, 1.807) is 13.8 Å². The number of hydrogen-bond donors (Lipinski definition) is 3. The molecule has 1 fully saturated rings. The highest BCUT2D eigenvalue weighted by molar-refractivity contribution is 8.01. The first-order valence-electron chi connectivity index (χ1n) is 11.9. The van der Waals surface area contributed by atoms with Crippen LogP contribution in [-0.4, -0.2) is 90.3 Å². The molecule has 2 aliphatic rings. The number of nitrogens with zero attached hydrogens (tertiary/aromatic N) is 5. The molecule has 41 heavy (non-hydrogen) atoms. The van der Waals surface area contributed by atoms with Gasteiger partial charge in [0.25, 0.3) is 11.8 Å². The van der Waals surface area contributed by atoms with Gasteiger partial charge in [-0.15, -0.1) is 33.3 Å². The number of anilines is 1. The van der Waals surface area contributed by atoms with Crippen LogP contribution in [0.2, 0.25) is 0 Å². The zero-order valence-electron chi connectivity index (χ0n) is 22.1. The third-order valence-corrected chi connectivity index (χ3v) is 9.42. The maximum absolute atomic E-state index is 13.3. The second kappa shape index (κ2) is 13.0.